The number of esters is 2. The fraction of sp³-hybridized carbons (Fsp3) is 0.636. The number of hydrogen-bond donors (Lipinski definition) is 1. The van der Waals surface area contributed by atoms with E-state index in [0.29, 0.717) is 12.8 Å². The smallest absolute Gasteiger partial charge is 0.306 e. The van der Waals surface area contributed by atoms with Crippen LogP contribution in [-0.4, -0.2) is 36.4 Å². The summed E-state index contributed by atoms with van der Waals surface area (Å²) in [6, 6.07) is 0. The Labute approximate surface area is 438 Å². The molecule has 1 atom stereocenters. The van der Waals surface area contributed by atoms with Crippen molar-refractivity contribution in [2.24, 2.45) is 0 Å². The van der Waals surface area contributed by atoms with Gasteiger partial charge in [-0.15, -0.1) is 0 Å². The molecule has 0 aromatic heterocycles. The molecule has 0 bridgehead atoms. The first-order valence-corrected chi connectivity index (χ1v) is 29.2. The van der Waals surface area contributed by atoms with Crippen molar-refractivity contribution in [2.75, 3.05) is 13.2 Å². The Balaban J connectivity index is 3.60. The molecule has 0 spiro atoms. The van der Waals surface area contributed by atoms with Crippen molar-refractivity contribution >= 4 is 11.9 Å². The number of carbonyl (C=O) groups is 2. The summed E-state index contributed by atoms with van der Waals surface area (Å²) in [6.45, 7) is 4.02. The number of carbonyl (C=O) groups excluding carboxylic acids is 2. The average molecular weight is 982 g/mol. The van der Waals surface area contributed by atoms with Crippen molar-refractivity contribution in [1.29, 1.82) is 0 Å². The van der Waals surface area contributed by atoms with Crippen LogP contribution < -0.4 is 0 Å². The van der Waals surface area contributed by atoms with Crippen LogP contribution in [-0.2, 0) is 19.1 Å². The standard InChI is InChI=1S/C66H108O5/c1-3-5-7-9-11-13-15-17-19-21-23-24-25-26-27-28-29-30-31-32-33-34-35-36-37-38-39-40-41-42-43-45-47-49-51-53-55-57-59-61-66(69)71-64(62-67)63-70-65(68)60-58-56-54-52-50-48-46-44-22-20-18-16-14-12-10-8-6-4-2/h5,7,11,13,17,19-20,22-24,26-27,29-30,32-33,35-36,38-39,41-42,64,67H,3-4,6,8-10,12,14-16,18,21,25,28,31,34,37,40,43-63H2,1-2H3/b7-5-,13-11-,19-17-,22-20-,24-23-,27-26-,30-29-,33-32-,36-35-,39-38-,42-41-. The highest BCUT2D eigenvalue weighted by Gasteiger charge is 2.16. The normalized spacial score (nSPS) is 13.2. The van der Waals surface area contributed by atoms with E-state index in [1.165, 1.54) is 116 Å². The number of rotatable bonds is 52. The van der Waals surface area contributed by atoms with Crippen molar-refractivity contribution in [3.8, 4) is 0 Å². The molecule has 0 radical (unpaired) electrons. The van der Waals surface area contributed by atoms with Crippen LogP contribution in [0.15, 0.2) is 134 Å². The van der Waals surface area contributed by atoms with Gasteiger partial charge in [-0.3, -0.25) is 9.59 Å². The molecule has 0 saturated carbocycles. The molecule has 0 aliphatic heterocycles. The van der Waals surface area contributed by atoms with Gasteiger partial charge in [0.1, 0.15) is 6.61 Å². The van der Waals surface area contributed by atoms with Gasteiger partial charge in [0, 0.05) is 12.8 Å². The minimum atomic E-state index is -0.787. The van der Waals surface area contributed by atoms with Crippen LogP contribution in [0, 0.1) is 0 Å². The monoisotopic (exact) mass is 981 g/mol. The zero-order chi connectivity index (χ0) is 51.3. The van der Waals surface area contributed by atoms with Gasteiger partial charge >= 0.3 is 11.9 Å². The predicted molar refractivity (Wildman–Crippen MR) is 311 cm³/mol. The van der Waals surface area contributed by atoms with Crippen molar-refractivity contribution in [3.05, 3.63) is 134 Å². The van der Waals surface area contributed by atoms with E-state index in [1.807, 2.05) is 0 Å². The van der Waals surface area contributed by atoms with Gasteiger partial charge in [-0.1, -0.05) is 257 Å². The van der Waals surface area contributed by atoms with E-state index < -0.39 is 6.10 Å². The van der Waals surface area contributed by atoms with Crippen LogP contribution in [0.4, 0.5) is 0 Å². The third-order valence-corrected chi connectivity index (χ3v) is 12.2. The Bertz CT molecular complexity index is 1480. The van der Waals surface area contributed by atoms with E-state index in [1.54, 1.807) is 0 Å². The summed E-state index contributed by atoms with van der Waals surface area (Å²) < 4.78 is 10.7. The van der Waals surface area contributed by atoms with Gasteiger partial charge in [-0.2, -0.15) is 0 Å². The zero-order valence-electron chi connectivity index (χ0n) is 45.9. The number of hydrogen-bond acceptors (Lipinski definition) is 5. The summed E-state index contributed by atoms with van der Waals surface area (Å²) in [4.78, 5) is 24.5. The molecule has 402 valence electrons. The number of unbranched alkanes of at least 4 members (excludes halogenated alkanes) is 22. The van der Waals surface area contributed by atoms with Gasteiger partial charge in [0.2, 0.25) is 0 Å². The Morgan fingerprint density at radius 2 is 0.606 bits per heavy atom. The van der Waals surface area contributed by atoms with Crippen LogP contribution in [0.3, 0.4) is 0 Å². The molecule has 5 nitrogen and oxygen atoms in total. The van der Waals surface area contributed by atoms with Crippen molar-refractivity contribution in [2.45, 2.75) is 258 Å². The van der Waals surface area contributed by atoms with E-state index in [4.69, 9.17) is 9.47 Å². The Hall–Kier alpha value is -3.96. The Kier molecular flexibility index (Phi) is 57.0. The number of allylic oxidation sites excluding steroid dienone is 22. The first-order chi connectivity index (χ1) is 35.1. The molecule has 0 amide bonds. The molecule has 0 aromatic rings. The van der Waals surface area contributed by atoms with Gasteiger partial charge in [0.25, 0.3) is 0 Å². The molecule has 0 aliphatic carbocycles. The van der Waals surface area contributed by atoms with Gasteiger partial charge in [0.05, 0.1) is 6.61 Å². The molecule has 5 heteroatoms. The lowest BCUT2D eigenvalue weighted by Gasteiger charge is -2.15. The van der Waals surface area contributed by atoms with E-state index >= 15 is 0 Å². The lowest BCUT2D eigenvalue weighted by molar-refractivity contribution is -0.161. The topological polar surface area (TPSA) is 72.8 Å². The van der Waals surface area contributed by atoms with Gasteiger partial charge in [0.15, 0.2) is 6.10 Å². The minimum absolute atomic E-state index is 0.0774. The van der Waals surface area contributed by atoms with E-state index in [2.05, 4.69) is 148 Å². The molecular weight excluding hydrogens is 873 g/mol. The van der Waals surface area contributed by atoms with Gasteiger partial charge in [-0.05, 0) is 116 Å². The molecule has 0 rings (SSSR count). The largest absolute Gasteiger partial charge is 0.462 e. The third kappa shape index (κ3) is 58.5. The molecule has 1 N–H and O–H groups in total. The predicted octanol–water partition coefficient (Wildman–Crippen LogP) is 20.0. The molecule has 0 aromatic carbocycles. The summed E-state index contributed by atoms with van der Waals surface area (Å²) in [5.41, 5.74) is 0. The lowest BCUT2D eigenvalue weighted by Crippen LogP contribution is -2.28. The van der Waals surface area contributed by atoms with Crippen molar-refractivity contribution in [3.63, 3.8) is 0 Å². The van der Waals surface area contributed by atoms with Crippen LogP contribution in [0.1, 0.15) is 251 Å². The number of aliphatic hydroxyl groups is 1. The molecule has 0 heterocycles. The maximum Gasteiger partial charge on any atom is 0.306 e. The highest BCUT2D eigenvalue weighted by atomic mass is 16.6. The summed E-state index contributed by atoms with van der Waals surface area (Å²) in [7, 11) is 0. The molecule has 1 unspecified atom stereocenters. The number of ether oxygens (including phenoxy) is 2. The second-order valence-electron chi connectivity index (χ2n) is 19.0. The molecule has 71 heavy (non-hydrogen) atoms. The van der Waals surface area contributed by atoms with Gasteiger partial charge in [-0.25, -0.2) is 0 Å². The van der Waals surface area contributed by atoms with Crippen LogP contribution in [0.2, 0.25) is 0 Å². The Morgan fingerprint density at radius 3 is 0.930 bits per heavy atom. The highest BCUT2D eigenvalue weighted by molar-refractivity contribution is 5.70. The van der Waals surface area contributed by atoms with Crippen LogP contribution in [0.5, 0.6) is 0 Å². The number of aliphatic hydroxyl groups excluding tert-OH is 1. The molecule has 0 aliphatic rings. The average Bonchev–Trinajstić information content (AvgIpc) is 3.37. The highest BCUT2D eigenvalue weighted by Crippen LogP contribution is 2.14. The molecule has 0 saturated heterocycles. The zero-order valence-corrected chi connectivity index (χ0v) is 45.9. The molecular formula is C66H108O5. The summed E-state index contributed by atoms with van der Waals surface area (Å²) in [6.07, 6.45) is 89.9. The fourth-order valence-corrected chi connectivity index (χ4v) is 7.81. The SMILES string of the molecule is CC/C=C\C/C=C\C/C=C\C/C=C\C/C=C\C/C=C\C/C=C\C/C=C\C/C=C\C/C=C\CCCCCCCCCCC(=O)OC(CO)COC(=O)CCCCCCCCC/C=C\CCCCCCCCC. The first kappa shape index (κ1) is 67.0. The fourth-order valence-electron chi connectivity index (χ4n) is 7.81. The molecule has 0 fully saturated rings. The van der Waals surface area contributed by atoms with E-state index in [9.17, 15) is 14.7 Å². The summed E-state index contributed by atoms with van der Waals surface area (Å²) >= 11 is 0. The second-order valence-corrected chi connectivity index (χ2v) is 19.0. The third-order valence-electron chi connectivity index (χ3n) is 12.2. The van der Waals surface area contributed by atoms with E-state index in [0.717, 1.165) is 109 Å². The summed E-state index contributed by atoms with van der Waals surface area (Å²) in [5.74, 6) is -0.609. The quantitative estimate of drug-likeness (QED) is 0.0373. The van der Waals surface area contributed by atoms with E-state index in [-0.39, 0.29) is 25.2 Å². The minimum Gasteiger partial charge on any atom is -0.462 e. The maximum atomic E-state index is 12.3. The second kappa shape index (κ2) is 60.3. The van der Waals surface area contributed by atoms with Gasteiger partial charge < -0.3 is 14.6 Å². The van der Waals surface area contributed by atoms with Crippen molar-refractivity contribution < 1.29 is 24.2 Å². The van der Waals surface area contributed by atoms with Crippen LogP contribution in [0.25, 0.3) is 0 Å². The Morgan fingerprint density at radius 1 is 0.338 bits per heavy atom. The van der Waals surface area contributed by atoms with Crippen LogP contribution >= 0.6 is 0 Å². The maximum absolute atomic E-state index is 12.3. The first-order valence-electron chi connectivity index (χ1n) is 29.2. The lowest BCUT2D eigenvalue weighted by atomic mass is 10.1. The summed E-state index contributed by atoms with van der Waals surface area (Å²) in [5, 5.41) is 9.65. The van der Waals surface area contributed by atoms with Crippen molar-refractivity contribution in [1.82, 2.24) is 0 Å².